The van der Waals surface area contributed by atoms with Crippen LogP contribution in [0, 0.1) is 0 Å². The third kappa shape index (κ3) is 5.36. The minimum absolute atomic E-state index is 0.0245. The molecule has 7 heteroatoms. The third-order valence-electron chi connectivity index (χ3n) is 4.57. The molecule has 1 unspecified atom stereocenters. The molecular formula is C21H25N5OS. The highest BCUT2D eigenvalue weighted by molar-refractivity contribution is 7.99. The number of aromatic nitrogens is 3. The van der Waals surface area contributed by atoms with Crippen LogP contribution in [0.4, 0.5) is 4.79 Å². The number of hydrogen-bond donors (Lipinski definition) is 1. The lowest BCUT2D eigenvalue weighted by Gasteiger charge is -2.25. The van der Waals surface area contributed by atoms with E-state index in [0.29, 0.717) is 6.54 Å². The molecule has 2 amide bonds. The van der Waals surface area contributed by atoms with Gasteiger partial charge in [0.2, 0.25) is 0 Å². The molecule has 1 heterocycles. The minimum atomic E-state index is -0.0578. The summed E-state index contributed by atoms with van der Waals surface area (Å²) in [6.45, 7) is 2.69. The van der Waals surface area contributed by atoms with Gasteiger partial charge in [-0.15, -0.1) is 11.8 Å². The van der Waals surface area contributed by atoms with Crippen molar-refractivity contribution in [2.24, 2.45) is 0 Å². The maximum absolute atomic E-state index is 12.4. The smallest absolute Gasteiger partial charge is 0.317 e. The van der Waals surface area contributed by atoms with E-state index in [1.165, 1.54) is 11.2 Å². The summed E-state index contributed by atoms with van der Waals surface area (Å²) < 4.78 is 1.71. The van der Waals surface area contributed by atoms with Gasteiger partial charge < -0.3 is 10.2 Å². The van der Waals surface area contributed by atoms with Gasteiger partial charge in [0, 0.05) is 18.5 Å². The van der Waals surface area contributed by atoms with Gasteiger partial charge in [-0.2, -0.15) is 5.10 Å². The number of nitrogens with zero attached hydrogens (tertiary/aromatic N) is 4. The Morgan fingerprint density at radius 1 is 1.18 bits per heavy atom. The summed E-state index contributed by atoms with van der Waals surface area (Å²) in [6.07, 6.45) is 4.10. The van der Waals surface area contributed by atoms with E-state index in [-0.39, 0.29) is 12.1 Å². The molecule has 146 valence electrons. The number of urea groups is 1. The van der Waals surface area contributed by atoms with Gasteiger partial charge in [0.15, 0.2) is 0 Å². The lowest BCUT2D eigenvalue weighted by Crippen LogP contribution is -2.39. The van der Waals surface area contributed by atoms with Crippen LogP contribution in [-0.4, -0.2) is 45.0 Å². The van der Waals surface area contributed by atoms with Crippen LogP contribution in [0.2, 0.25) is 0 Å². The second-order valence-corrected chi connectivity index (χ2v) is 7.63. The number of hydrogen-bond acceptors (Lipinski definition) is 4. The SMILES string of the molecule is CC(c1ccc(-n2cncn2)cc1)N(C)C(=O)NCCCSc1ccccc1. The van der Waals surface area contributed by atoms with Gasteiger partial charge >= 0.3 is 6.03 Å². The zero-order valence-corrected chi connectivity index (χ0v) is 17.0. The van der Waals surface area contributed by atoms with Crippen molar-refractivity contribution in [1.29, 1.82) is 0 Å². The predicted octanol–water partition coefficient (Wildman–Crippen LogP) is 4.15. The molecule has 2 aromatic carbocycles. The molecule has 0 radical (unpaired) electrons. The molecule has 0 aliphatic carbocycles. The molecule has 1 aromatic heterocycles. The molecular weight excluding hydrogens is 370 g/mol. The van der Waals surface area contributed by atoms with Crippen LogP contribution in [0.1, 0.15) is 24.9 Å². The molecule has 0 aliphatic rings. The van der Waals surface area contributed by atoms with E-state index in [1.54, 1.807) is 15.9 Å². The Kier molecular flexibility index (Phi) is 7.08. The number of benzene rings is 2. The van der Waals surface area contributed by atoms with Crippen molar-refractivity contribution in [3.63, 3.8) is 0 Å². The van der Waals surface area contributed by atoms with E-state index in [4.69, 9.17) is 0 Å². The fraction of sp³-hybridized carbons (Fsp3) is 0.286. The number of nitrogens with one attached hydrogen (secondary N) is 1. The van der Waals surface area contributed by atoms with Gasteiger partial charge in [0.1, 0.15) is 12.7 Å². The van der Waals surface area contributed by atoms with Gasteiger partial charge in [-0.1, -0.05) is 30.3 Å². The molecule has 0 fully saturated rings. The Morgan fingerprint density at radius 2 is 1.93 bits per heavy atom. The standard InChI is InChI=1S/C21H25N5OS/c1-17(18-9-11-19(12-10-18)26-16-22-15-24-26)25(2)21(27)23-13-6-14-28-20-7-4-3-5-8-20/h3-5,7-12,15-17H,6,13-14H2,1-2H3,(H,23,27). The Bertz CT molecular complexity index is 852. The van der Waals surface area contributed by atoms with E-state index < -0.39 is 0 Å². The number of carbonyl (C=O) groups excluding carboxylic acids is 1. The van der Waals surface area contributed by atoms with Crippen molar-refractivity contribution in [2.75, 3.05) is 19.3 Å². The molecule has 0 saturated heterocycles. The maximum Gasteiger partial charge on any atom is 0.317 e. The molecule has 0 bridgehead atoms. The monoisotopic (exact) mass is 395 g/mol. The summed E-state index contributed by atoms with van der Waals surface area (Å²) in [5, 5.41) is 7.13. The van der Waals surface area contributed by atoms with Crippen LogP contribution in [0.15, 0.2) is 72.1 Å². The van der Waals surface area contributed by atoms with Crippen molar-refractivity contribution in [1.82, 2.24) is 25.0 Å². The van der Waals surface area contributed by atoms with Crippen molar-refractivity contribution < 1.29 is 4.79 Å². The van der Waals surface area contributed by atoms with Crippen LogP contribution in [0.25, 0.3) is 5.69 Å². The quantitative estimate of drug-likeness (QED) is 0.460. The lowest BCUT2D eigenvalue weighted by atomic mass is 10.1. The Labute approximate surface area is 170 Å². The van der Waals surface area contributed by atoms with Crippen molar-refractivity contribution in [3.8, 4) is 5.69 Å². The molecule has 1 N–H and O–H groups in total. The molecule has 3 rings (SSSR count). The molecule has 6 nitrogen and oxygen atoms in total. The van der Waals surface area contributed by atoms with Crippen LogP contribution < -0.4 is 5.32 Å². The molecule has 3 aromatic rings. The van der Waals surface area contributed by atoms with Crippen LogP contribution in [0.3, 0.4) is 0 Å². The van der Waals surface area contributed by atoms with Crippen molar-refractivity contribution in [3.05, 3.63) is 72.8 Å². The van der Waals surface area contributed by atoms with E-state index in [2.05, 4.69) is 27.5 Å². The zero-order chi connectivity index (χ0) is 19.8. The highest BCUT2D eigenvalue weighted by Gasteiger charge is 2.17. The van der Waals surface area contributed by atoms with Gasteiger partial charge in [0.25, 0.3) is 0 Å². The number of thioether (sulfide) groups is 1. The highest BCUT2D eigenvalue weighted by Crippen LogP contribution is 2.20. The molecule has 0 spiro atoms. The number of amides is 2. The predicted molar refractivity (Wildman–Crippen MR) is 113 cm³/mol. The molecule has 0 aliphatic heterocycles. The topological polar surface area (TPSA) is 63.1 Å². The van der Waals surface area contributed by atoms with Gasteiger partial charge in [-0.25, -0.2) is 14.5 Å². The first-order chi connectivity index (χ1) is 13.6. The highest BCUT2D eigenvalue weighted by atomic mass is 32.2. The summed E-state index contributed by atoms with van der Waals surface area (Å²) in [5.74, 6) is 0.979. The summed E-state index contributed by atoms with van der Waals surface area (Å²) in [5.41, 5.74) is 2.01. The van der Waals surface area contributed by atoms with E-state index in [0.717, 1.165) is 23.4 Å². The van der Waals surface area contributed by atoms with E-state index in [9.17, 15) is 4.79 Å². The van der Waals surface area contributed by atoms with E-state index >= 15 is 0 Å². The maximum atomic E-state index is 12.4. The lowest BCUT2D eigenvalue weighted by molar-refractivity contribution is 0.194. The fourth-order valence-electron chi connectivity index (χ4n) is 2.75. The summed E-state index contributed by atoms with van der Waals surface area (Å²) in [6, 6.07) is 18.2. The summed E-state index contributed by atoms with van der Waals surface area (Å²) in [4.78, 5) is 19.4. The second-order valence-electron chi connectivity index (χ2n) is 6.47. The van der Waals surface area contributed by atoms with Crippen LogP contribution >= 0.6 is 11.8 Å². The Balaban J connectivity index is 1.43. The Morgan fingerprint density at radius 3 is 2.61 bits per heavy atom. The normalized spacial score (nSPS) is 11.8. The minimum Gasteiger partial charge on any atom is -0.338 e. The third-order valence-corrected chi connectivity index (χ3v) is 5.67. The Hall–Kier alpha value is -2.80. The van der Waals surface area contributed by atoms with Crippen molar-refractivity contribution in [2.45, 2.75) is 24.3 Å². The molecule has 1 atom stereocenters. The van der Waals surface area contributed by atoms with Crippen molar-refractivity contribution >= 4 is 17.8 Å². The van der Waals surface area contributed by atoms with Gasteiger partial charge in [-0.05, 0) is 48.9 Å². The molecule has 28 heavy (non-hydrogen) atoms. The molecule has 0 saturated carbocycles. The van der Waals surface area contributed by atoms with Gasteiger partial charge in [0.05, 0.1) is 11.7 Å². The van der Waals surface area contributed by atoms with Gasteiger partial charge in [-0.3, -0.25) is 0 Å². The number of carbonyl (C=O) groups is 1. The first-order valence-electron chi connectivity index (χ1n) is 9.28. The average Bonchev–Trinajstić information content (AvgIpc) is 3.28. The van der Waals surface area contributed by atoms with E-state index in [1.807, 2.05) is 68.2 Å². The first kappa shape index (κ1) is 19.9. The zero-order valence-electron chi connectivity index (χ0n) is 16.2. The summed E-state index contributed by atoms with van der Waals surface area (Å²) in [7, 11) is 1.82. The van der Waals surface area contributed by atoms with Crippen LogP contribution in [-0.2, 0) is 0 Å². The largest absolute Gasteiger partial charge is 0.338 e. The first-order valence-corrected chi connectivity index (χ1v) is 10.3. The average molecular weight is 396 g/mol. The van der Waals surface area contributed by atoms with Crippen LogP contribution in [0.5, 0.6) is 0 Å². The number of rotatable bonds is 8. The fourth-order valence-corrected chi connectivity index (χ4v) is 3.62. The summed E-state index contributed by atoms with van der Waals surface area (Å²) >= 11 is 1.81. The second kappa shape index (κ2) is 9.94.